The van der Waals surface area contributed by atoms with Crippen LogP contribution in [0.1, 0.15) is 53.9 Å². The van der Waals surface area contributed by atoms with Gasteiger partial charge in [0, 0.05) is 6.54 Å². The molecule has 0 aliphatic heterocycles. The molecule has 1 heterocycles. The van der Waals surface area contributed by atoms with Crippen molar-refractivity contribution in [3.8, 4) is 12.0 Å². The van der Waals surface area contributed by atoms with Crippen LogP contribution in [-0.2, 0) is 0 Å². The van der Waals surface area contributed by atoms with Gasteiger partial charge in [0.1, 0.15) is 0 Å². The predicted octanol–water partition coefficient (Wildman–Crippen LogP) is 3.05. The number of nitrogens with zero attached hydrogens (tertiary/aromatic N) is 3. The van der Waals surface area contributed by atoms with Gasteiger partial charge in [0.25, 0.3) is 0 Å². The summed E-state index contributed by atoms with van der Waals surface area (Å²) in [7, 11) is 0. The fourth-order valence-corrected chi connectivity index (χ4v) is 1.62. The van der Waals surface area contributed by atoms with Crippen molar-refractivity contribution in [2.24, 2.45) is 0 Å². The van der Waals surface area contributed by atoms with Gasteiger partial charge in [-0.1, -0.05) is 20.3 Å². The number of hydrogen-bond acceptors (Lipinski definition) is 6. The van der Waals surface area contributed by atoms with Crippen LogP contribution in [0, 0.1) is 0 Å². The van der Waals surface area contributed by atoms with E-state index in [9.17, 15) is 0 Å². The molecule has 0 aliphatic rings. The first-order valence-electron chi connectivity index (χ1n) is 7.38. The summed E-state index contributed by atoms with van der Waals surface area (Å²) in [4.78, 5) is 12.7. The van der Waals surface area contributed by atoms with Crippen LogP contribution in [0.25, 0.3) is 0 Å². The first kappa shape index (κ1) is 16.5. The number of ether oxygens (including phenoxy) is 2. The molecule has 6 heteroatoms. The van der Waals surface area contributed by atoms with Crippen LogP contribution in [0.5, 0.6) is 12.0 Å². The van der Waals surface area contributed by atoms with Crippen molar-refractivity contribution < 1.29 is 9.47 Å². The Hall–Kier alpha value is -1.59. The molecule has 0 aliphatic carbocycles. The Kier molecular flexibility index (Phi) is 7.04. The lowest BCUT2D eigenvalue weighted by molar-refractivity contribution is 0.179. The van der Waals surface area contributed by atoms with Gasteiger partial charge < -0.3 is 14.8 Å². The van der Waals surface area contributed by atoms with E-state index < -0.39 is 0 Å². The van der Waals surface area contributed by atoms with Crippen LogP contribution < -0.4 is 14.8 Å². The fourth-order valence-electron chi connectivity index (χ4n) is 1.62. The molecule has 6 nitrogen and oxygen atoms in total. The van der Waals surface area contributed by atoms with Gasteiger partial charge in [-0.05, 0) is 33.6 Å². The number of rotatable bonds is 9. The topological polar surface area (TPSA) is 69.2 Å². The van der Waals surface area contributed by atoms with Gasteiger partial charge in [0.2, 0.25) is 5.95 Å². The lowest BCUT2D eigenvalue weighted by atomic mass is 10.2. The third kappa shape index (κ3) is 6.04. The molecule has 20 heavy (non-hydrogen) atoms. The van der Waals surface area contributed by atoms with E-state index >= 15 is 0 Å². The molecule has 0 saturated heterocycles. The van der Waals surface area contributed by atoms with Gasteiger partial charge in [-0.3, -0.25) is 0 Å². The monoisotopic (exact) mass is 282 g/mol. The normalized spacial score (nSPS) is 12.3. The Morgan fingerprint density at radius 3 is 2.15 bits per heavy atom. The number of anilines is 1. The Labute approximate surface area is 121 Å². The summed E-state index contributed by atoms with van der Waals surface area (Å²) >= 11 is 0. The zero-order valence-electron chi connectivity index (χ0n) is 13.1. The van der Waals surface area contributed by atoms with E-state index in [0.717, 1.165) is 25.8 Å². The third-order valence-corrected chi connectivity index (χ3v) is 2.47. The smallest absolute Gasteiger partial charge is 0.324 e. The molecule has 1 unspecified atom stereocenters. The minimum atomic E-state index is 0.0114. The number of aromatic nitrogens is 3. The molecule has 1 N–H and O–H groups in total. The van der Waals surface area contributed by atoms with Crippen LogP contribution in [0.15, 0.2) is 0 Å². The van der Waals surface area contributed by atoms with Crippen molar-refractivity contribution in [2.75, 3.05) is 11.9 Å². The second kappa shape index (κ2) is 8.55. The van der Waals surface area contributed by atoms with Gasteiger partial charge in [-0.25, -0.2) is 0 Å². The second-order valence-corrected chi connectivity index (χ2v) is 5.03. The summed E-state index contributed by atoms with van der Waals surface area (Å²) in [5, 5.41) is 3.13. The summed E-state index contributed by atoms with van der Waals surface area (Å²) in [6.45, 7) is 10.9. The van der Waals surface area contributed by atoms with E-state index in [4.69, 9.17) is 9.47 Å². The maximum atomic E-state index is 5.72. The van der Waals surface area contributed by atoms with Gasteiger partial charge in [0.05, 0.1) is 12.2 Å². The average molecular weight is 282 g/mol. The zero-order valence-corrected chi connectivity index (χ0v) is 13.1. The number of nitrogens with one attached hydrogen (secondary N) is 1. The first-order valence-corrected chi connectivity index (χ1v) is 7.38. The second-order valence-electron chi connectivity index (χ2n) is 5.03. The van der Waals surface area contributed by atoms with E-state index in [1.165, 1.54) is 0 Å². The molecule has 0 fully saturated rings. The Morgan fingerprint density at radius 2 is 1.60 bits per heavy atom. The lowest BCUT2D eigenvalue weighted by Gasteiger charge is -2.14. The molecule has 1 atom stereocenters. The standard InChI is InChI=1S/C14H26N4O2/c1-6-8-11(5)20-14-17-12(15-9-7-2)16-13(18-14)19-10(3)4/h10-11H,6-9H2,1-5H3,(H,15,16,17,18). The fraction of sp³-hybridized carbons (Fsp3) is 0.786. The highest BCUT2D eigenvalue weighted by Crippen LogP contribution is 2.16. The van der Waals surface area contributed by atoms with E-state index in [1.54, 1.807) is 0 Å². The van der Waals surface area contributed by atoms with Gasteiger partial charge in [-0.2, -0.15) is 9.97 Å². The van der Waals surface area contributed by atoms with Crippen molar-refractivity contribution in [1.29, 1.82) is 0 Å². The highest BCUT2D eigenvalue weighted by Gasteiger charge is 2.12. The molecule has 1 aromatic heterocycles. The molecule has 0 bridgehead atoms. The summed E-state index contributed by atoms with van der Waals surface area (Å²) in [6.07, 6.45) is 3.10. The van der Waals surface area contributed by atoms with Gasteiger partial charge in [-0.15, -0.1) is 4.98 Å². The molecule has 0 saturated carbocycles. The maximum absolute atomic E-state index is 5.72. The maximum Gasteiger partial charge on any atom is 0.324 e. The highest BCUT2D eigenvalue weighted by molar-refractivity contribution is 5.27. The summed E-state index contributed by atoms with van der Waals surface area (Å²) in [5.74, 6) is 0.496. The molecular formula is C14H26N4O2. The van der Waals surface area contributed by atoms with Crippen molar-refractivity contribution >= 4 is 5.95 Å². The zero-order chi connectivity index (χ0) is 15.0. The van der Waals surface area contributed by atoms with E-state index in [0.29, 0.717) is 18.0 Å². The Bertz CT molecular complexity index is 399. The Morgan fingerprint density at radius 1 is 0.950 bits per heavy atom. The highest BCUT2D eigenvalue weighted by atomic mass is 16.5. The Balaban J connectivity index is 2.84. The molecule has 0 radical (unpaired) electrons. The summed E-state index contributed by atoms with van der Waals surface area (Å²) in [5.41, 5.74) is 0. The van der Waals surface area contributed by atoms with Crippen LogP contribution >= 0.6 is 0 Å². The molecule has 1 aromatic rings. The van der Waals surface area contributed by atoms with Crippen molar-refractivity contribution in [1.82, 2.24) is 15.0 Å². The third-order valence-electron chi connectivity index (χ3n) is 2.47. The molecule has 0 amide bonds. The predicted molar refractivity (Wildman–Crippen MR) is 79.4 cm³/mol. The summed E-state index contributed by atoms with van der Waals surface area (Å²) < 4.78 is 11.3. The van der Waals surface area contributed by atoms with Crippen LogP contribution in [0.4, 0.5) is 5.95 Å². The summed E-state index contributed by atoms with van der Waals surface area (Å²) in [6, 6.07) is 0.613. The minimum absolute atomic E-state index is 0.0114. The SMILES string of the molecule is CCCNc1nc(OC(C)C)nc(OC(C)CCC)n1. The van der Waals surface area contributed by atoms with Gasteiger partial charge >= 0.3 is 12.0 Å². The molecule has 114 valence electrons. The van der Waals surface area contributed by atoms with Crippen molar-refractivity contribution in [3.63, 3.8) is 0 Å². The first-order chi connectivity index (χ1) is 9.55. The lowest BCUT2D eigenvalue weighted by Crippen LogP contribution is -2.16. The molecular weight excluding hydrogens is 256 g/mol. The molecule has 1 rings (SSSR count). The van der Waals surface area contributed by atoms with Crippen LogP contribution in [0.2, 0.25) is 0 Å². The van der Waals surface area contributed by atoms with Crippen LogP contribution in [0.3, 0.4) is 0 Å². The minimum Gasteiger partial charge on any atom is -0.461 e. The van der Waals surface area contributed by atoms with Crippen LogP contribution in [-0.4, -0.2) is 33.7 Å². The largest absolute Gasteiger partial charge is 0.461 e. The van der Waals surface area contributed by atoms with Crippen molar-refractivity contribution in [3.05, 3.63) is 0 Å². The van der Waals surface area contributed by atoms with Crippen molar-refractivity contribution in [2.45, 2.75) is 66.1 Å². The van der Waals surface area contributed by atoms with E-state index in [2.05, 4.69) is 34.1 Å². The quantitative estimate of drug-likeness (QED) is 0.750. The van der Waals surface area contributed by atoms with Gasteiger partial charge in [0.15, 0.2) is 0 Å². The van der Waals surface area contributed by atoms with E-state index in [1.807, 2.05) is 20.8 Å². The number of hydrogen-bond donors (Lipinski definition) is 1. The van der Waals surface area contributed by atoms with E-state index in [-0.39, 0.29) is 12.2 Å². The average Bonchev–Trinajstić information content (AvgIpc) is 2.35. The molecule has 0 aromatic carbocycles. The molecule has 0 spiro atoms.